The number of aromatic hydroxyl groups is 2. The van der Waals surface area contributed by atoms with Crippen molar-refractivity contribution in [2.75, 3.05) is 0 Å². The van der Waals surface area contributed by atoms with E-state index in [0.29, 0.717) is 11.5 Å². The maximum atomic E-state index is 10.1. The zero-order valence-electron chi connectivity index (χ0n) is 12.1. The molecule has 2 aromatic carbocycles. The molecule has 0 aliphatic carbocycles. The van der Waals surface area contributed by atoms with Gasteiger partial charge < -0.3 is 10.2 Å². The molecule has 0 spiro atoms. The Morgan fingerprint density at radius 3 is 1.35 bits per heavy atom. The summed E-state index contributed by atoms with van der Waals surface area (Å²) in [6.45, 7) is 4.25. The van der Waals surface area contributed by atoms with Crippen molar-refractivity contribution in [1.29, 1.82) is 0 Å². The SMILES string of the molecule is CCC(c1ccccc1O)C(CC)c1ccccc1O. The van der Waals surface area contributed by atoms with Crippen LogP contribution in [0.1, 0.15) is 49.7 Å². The minimum absolute atomic E-state index is 0.203. The Morgan fingerprint density at radius 2 is 1.05 bits per heavy atom. The summed E-state index contributed by atoms with van der Waals surface area (Å²) < 4.78 is 0. The molecule has 106 valence electrons. The first-order chi connectivity index (χ1) is 9.69. The molecule has 2 unspecified atom stereocenters. The summed E-state index contributed by atoms with van der Waals surface area (Å²) >= 11 is 0. The van der Waals surface area contributed by atoms with E-state index >= 15 is 0 Å². The van der Waals surface area contributed by atoms with Crippen LogP contribution < -0.4 is 0 Å². The maximum absolute atomic E-state index is 10.1. The molecule has 0 fully saturated rings. The Labute approximate surface area is 120 Å². The second-order valence-corrected chi connectivity index (χ2v) is 5.15. The van der Waals surface area contributed by atoms with Crippen molar-refractivity contribution in [2.24, 2.45) is 0 Å². The minimum atomic E-state index is 0.203. The van der Waals surface area contributed by atoms with Gasteiger partial charge >= 0.3 is 0 Å². The van der Waals surface area contributed by atoms with Gasteiger partial charge in [-0.05, 0) is 47.9 Å². The van der Waals surface area contributed by atoms with Crippen LogP contribution in [0.15, 0.2) is 48.5 Å². The van der Waals surface area contributed by atoms with Gasteiger partial charge in [0.1, 0.15) is 11.5 Å². The lowest BCUT2D eigenvalue weighted by atomic mass is 9.78. The lowest BCUT2D eigenvalue weighted by molar-refractivity contribution is 0.422. The highest BCUT2D eigenvalue weighted by molar-refractivity contribution is 5.41. The van der Waals surface area contributed by atoms with Gasteiger partial charge in [0.05, 0.1) is 0 Å². The summed E-state index contributed by atoms with van der Waals surface area (Å²) in [6, 6.07) is 15.0. The van der Waals surface area contributed by atoms with Gasteiger partial charge in [0.15, 0.2) is 0 Å². The molecule has 0 amide bonds. The summed E-state index contributed by atoms with van der Waals surface area (Å²) in [5.41, 5.74) is 1.93. The smallest absolute Gasteiger partial charge is 0.119 e. The molecule has 2 N–H and O–H groups in total. The largest absolute Gasteiger partial charge is 0.508 e. The number of para-hydroxylation sites is 2. The van der Waals surface area contributed by atoms with Crippen molar-refractivity contribution in [3.05, 3.63) is 59.7 Å². The number of phenols is 2. The van der Waals surface area contributed by atoms with Crippen LogP contribution in [0, 0.1) is 0 Å². The van der Waals surface area contributed by atoms with Gasteiger partial charge in [-0.1, -0.05) is 50.2 Å². The molecule has 0 aliphatic rings. The summed E-state index contributed by atoms with van der Waals surface area (Å²) in [6.07, 6.45) is 1.84. The van der Waals surface area contributed by atoms with Crippen molar-refractivity contribution >= 4 is 0 Å². The molecule has 0 saturated heterocycles. The van der Waals surface area contributed by atoms with Crippen LogP contribution in [-0.4, -0.2) is 10.2 Å². The van der Waals surface area contributed by atoms with Crippen molar-refractivity contribution in [1.82, 2.24) is 0 Å². The van der Waals surface area contributed by atoms with Gasteiger partial charge in [0, 0.05) is 0 Å². The second kappa shape index (κ2) is 6.47. The van der Waals surface area contributed by atoms with Gasteiger partial charge in [0.2, 0.25) is 0 Å². The zero-order valence-corrected chi connectivity index (χ0v) is 12.1. The van der Waals surface area contributed by atoms with Crippen LogP contribution in [0.25, 0.3) is 0 Å². The molecule has 20 heavy (non-hydrogen) atoms. The molecular weight excluding hydrogens is 248 g/mol. The van der Waals surface area contributed by atoms with E-state index in [1.54, 1.807) is 12.1 Å². The van der Waals surface area contributed by atoms with E-state index in [1.807, 2.05) is 36.4 Å². The quantitative estimate of drug-likeness (QED) is 0.820. The van der Waals surface area contributed by atoms with Crippen molar-refractivity contribution in [3.63, 3.8) is 0 Å². The number of hydrogen-bond donors (Lipinski definition) is 2. The third kappa shape index (κ3) is 2.79. The van der Waals surface area contributed by atoms with Crippen molar-refractivity contribution in [2.45, 2.75) is 38.5 Å². The first-order valence-corrected chi connectivity index (χ1v) is 7.24. The van der Waals surface area contributed by atoms with Gasteiger partial charge in [0.25, 0.3) is 0 Å². The molecule has 2 aromatic rings. The normalized spacial score (nSPS) is 13.9. The molecule has 2 heteroatoms. The van der Waals surface area contributed by atoms with Gasteiger partial charge in [-0.2, -0.15) is 0 Å². The van der Waals surface area contributed by atoms with Crippen LogP contribution in [0.4, 0.5) is 0 Å². The third-order valence-electron chi connectivity index (χ3n) is 4.04. The first kappa shape index (κ1) is 14.4. The Bertz CT molecular complexity index is 511. The highest BCUT2D eigenvalue weighted by atomic mass is 16.3. The monoisotopic (exact) mass is 270 g/mol. The van der Waals surface area contributed by atoms with Crippen LogP contribution in [0.2, 0.25) is 0 Å². The average molecular weight is 270 g/mol. The molecular formula is C18H22O2. The molecule has 0 aliphatic heterocycles. The highest BCUT2D eigenvalue weighted by Crippen LogP contribution is 2.43. The third-order valence-corrected chi connectivity index (χ3v) is 4.04. The van der Waals surface area contributed by atoms with Gasteiger partial charge in [-0.3, -0.25) is 0 Å². The fourth-order valence-corrected chi connectivity index (χ4v) is 3.04. The molecule has 0 saturated carbocycles. The Balaban J connectivity index is 2.44. The summed E-state index contributed by atoms with van der Waals surface area (Å²) in [4.78, 5) is 0. The predicted octanol–water partition coefficient (Wildman–Crippen LogP) is 4.79. The lowest BCUT2D eigenvalue weighted by Crippen LogP contribution is -2.10. The number of benzene rings is 2. The van der Waals surface area contributed by atoms with Crippen LogP contribution in [0.3, 0.4) is 0 Å². The first-order valence-electron chi connectivity index (χ1n) is 7.24. The Morgan fingerprint density at radius 1 is 0.700 bits per heavy atom. The fraction of sp³-hybridized carbons (Fsp3) is 0.333. The topological polar surface area (TPSA) is 40.5 Å². The molecule has 0 aromatic heterocycles. The molecule has 0 bridgehead atoms. The lowest BCUT2D eigenvalue weighted by Gasteiger charge is -2.27. The zero-order chi connectivity index (χ0) is 14.5. The Hall–Kier alpha value is -1.96. The summed E-state index contributed by atoms with van der Waals surface area (Å²) in [7, 11) is 0. The van der Waals surface area contributed by atoms with Crippen LogP contribution >= 0.6 is 0 Å². The van der Waals surface area contributed by atoms with E-state index in [2.05, 4.69) is 13.8 Å². The minimum Gasteiger partial charge on any atom is -0.508 e. The number of rotatable bonds is 5. The second-order valence-electron chi connectivity index (χ2n) is 5.15. The van der Waals surface area contributed by atoms with Gasteiger partial charge in [-0.15, -0.1) is 0 Å². The van der Waals surface area contributed by atoms with E-state index in [0.717, 1.165) is 24.0 Å². The number of phenolic OH excluding ortho intramolecular Hbond substituents is 2. The highest BCUT2D eigenvalue weighted by Gasteiger charge is 2.25. The van der Waals surface area contributed by atoms with Crippen molar-refractivity contribution in [3.8, 4) is 11.5 Å². The van der Waals surface area contributed by atoms with Crippen LogP contribution in [0.5, 0.6) is 11.5 Å². The Kier molecular flexibility index (Phi) is 4.67. The fourth-order valence-electron chi connectivity index (χ4n) is 3.04. The number of hydrogen-bond acceptors (Lipinski definition) is 2. The van der Waals surface area contributed by atoms with E-state index in [4.69, 9.17) is 0 Å². The van der Waals surface area contributed by atoms with Crippen LogP contribution in [-0.2, 0) is 0 Å². The molecule has 2 atom stereocenters. The summed E-state index contributed by atoms with van der Waals surface area (Å²) in [5.74, 6) is 1.09. The van der Waals surface area contributed by atoms with E-state index in [9.17, 15) is 10.2 Å². The molecule has 0 radical (unpaired) electrons. The molecule has 2 rings (SSSR count). The van der Waals surface area contributed by atoms with E-state index < -0.39 is 0 Å². The van der Waals surface area contributed by atoms with Crippen molar-refractivity contribution < 1.29 is 10.2 Å². The molecule has 0 heterocycles. The average Bonchev–Trinajstić information content (AvgIpc) is 2.47. The van der Waals surface area contributed by atoms with E-state index in [-0.39, 0.29) is 11.8 Å². The standard InChI is InChI=1S/C18H22O2/c1-3-13(15-9-5-7-11-17(15)19)14(4-2)16-10-6-8-12-18(16)20/h5-14,19-20H,3-4H2,1-2H3. The maximum Gasteiger partial charge on any atom is 0.119 e. The van der Waals surface area contributed by atoms with E-state index in [1.165, 1.54) is 0 Å². The predicted molar refractivity (Wildman–Crippen MR) is 82.3 cm³/mol. The van der Waals surface area contributed by atoms with Gasteiger partial charge in [-0.25, -0.2) is 0 Å². The summed E-state index contributed by atoms with van der Waals surface area (Å²) in [5, 5.41) is 20.2. The molecule has 2 nitrogen and oxygen atoms in total.